The Morgan fingerprint density at radius 3 is 2.60 bits per heavy atom. The number of rotatable bonds is 2. The molecule has 0 aliphatic carbocycles. The quantitative estimate of drug-likeness (QED) is 0.698. The van der Waals surface area contributed by atoms with Gasteiger partial charge in [-0.05, 0) is 55.2 Å². The summed E-state index contributed by atoms with van der Waals surface area (Å²) in [4.78, 5) is 21.8. The number of benzene rings is 1. The highest BCUT2D eigenvalue weighted by molar-refractivity contribution is 7.18. The maximum absolute atomic E-state index is 12.9. The summed E-state index contributed by atoms with van der Waals surface area (Å²) in [5.74, 6) is 0.829. The smallest absolute Gasteiger partial charge is 0.262 e. The monoisotopic (exact) mass is 351 g/mol. The fourth-order valence-corrected chi connectivity index (χ4v) is 4.35. The molecule has 0 atom stereocenters. The maximum atomic E-state index is 12.9. The van der Waals surface area contributed by atoms with Gasteiger partial charge < -0.3 is 4.90 Å². The number of hydrogen-bond acceptors (Lipinski definition) is 4. The van der Waals surface area contributed by atoms with E-state index in [1.54, 1.807) is 11.3 Å². The lowest BCUT2D eigenvalue weighted by molar-refractivity contribution is 0.726. The first-order chi connectivity index (χ1) is 12.0. The van der Waals surface area contributed by atoms with Crippen LogP contribution in [0, 0.1) is 13.8 Å². The van der Waals surface area contributed by atoms with Crippen molar-refractivity contribution >= 4 is 38.9 Å². The van der Waals surface area contributed by atoms with Crippen LogP contribution in [0.2, 0.25) is 0 Å². The number of thiophene rings is 1. The van der Waals surface area contributed by atoms with Crippen molar-refractivity contribution in [1.29, 1.82) is 0 Å². The third kappa shape index (κ3) is 2.59. The molecule has 25 heavy (non-hydrogen) atoms. The van der Waals surface area contributed by atoms with Crippen LogP contribution in [0.3, 0.4) is 0 Å². The van der Waals surface area contributed by atoms with Crippen molar-refractivity contribution < 1.29 is 0 Å². The summed E-state index contributed by atoms with van der Waals surface area (Å²) in [5, 5.41) is 0.794. The van der Waals surface area contributed by atoms with Gasteiger partial charge in [-0.2, -0.15) is 0 Å². The van der Waals surface area contributed by atoms with E-state index in [1.165, 1.54) is 10.6 Å². The Balaban J connectivity index is 1.81. The third-order valence-corrected chi connectivity index (χ3v) is 6.03. The average Bonchev–Trinajstić information content (AvgIpc) is 3.10. The van der Waals surface area contributed by atoms with Crippen molar-refractivity contribution in [2.45, 2.75) is 26.8 Å². The van der Waals surface area contributed by atoms with E-state index in [0.29, 0.717) is 6.54 Å². The van der Waals surface area contributed by atoms with Gasteiger partial charge in [0.15, 0.2) is 0 Å². The Morgan fingerprint density at radius 2 is 1.92 bits per heavy atom. The van der Waals surface area contributed by atoms with Crippen molar-refractivity contribution in [2.75, 3.05) is 19.0 Å². The minimum atomic E-state index is 0.105. The Hall–Kier alpha value is -2.40. The van der Waals surface area contributed by atoms with E-state index in [0.717, 1.165) is 39.2 Å². The average molecular weight is 351 g/mol. The predicted molar refractivity (Wildman–Crippen MR) is 107 cm³/mol. The van der Waals surface area contributed by atoms with E-state index in [2.05, 4.69) is 42.2 Å². The van der Waals surface area contributed by atoms with Crippen LogP contribution in [-0.4, -0.2) is 23.6 Å². The van der Waals surface area contributed by atoms with Gasteiger partial charge in [-0.15, -0.1) is 11.3 Å². The molecule has 3 aromatic rings. The Morgan fingerprint density at radius 1 is 1.20 bits per heavy atom. The third-order valence-electron chi connectivity index (χ3n) is 4.93. The topological polar surface area (TPSA) is 38.1 Å². The molecule has 4 nitrogen and oxygen atoms in total. The molecule has 0 spiro atoms. The van der Waals surface area contributed by atoms with Crippen LogP contribution in [0.1, 0.15) is 28.2 Å². The molecule has 0 unspecified atom stereocenters. The summed E-state index contributed by atoms with van der Waals surface area (Å²) < 4.78 is 1.83. The summed E-state index contributed by atoms with van der Waals surface area (Å²) in [7, 11) is 4.07. The lowest BCUT2D eigenvalue weighted by Gasteiger charge is -2.12. The second kappa shape index (κ2) is 5.85. The molecule has 1 aliphatic rings. The lowest BCUT2D eigenvalue weighted by Crippen LogP contribution is -2.20. The number of nitrogens with zero attached hydrogens (tertiary/aromatic N) is 3. The van der Waals surface area contributed by atoms with Crippen LogP contribution < -0.4 is 10.5 Å². The van der Waals surface area contributed by atoms with Crippen LogP contribution in [0.5, 0.6) is 0 Å². The molecule has 5 heteroatoms. The molecular weight excluding hydrogens is 330 g/mol. The minimum Gasteiger partial charge on any atom is -0.378 e. The summed E-state index contributed by atoms with van der Waals surface area (Å²) in [6.07, 6.45) is 3.01. The van der Waals surface area contributed by atoms with E-state index in [4.69, 9.17) is 4.98 Å². The number of aromatic nitrogens is 2. The van der Waals surface area contributed by atoms with Crippen molar-refractivity contribution in [3.05, 3.63) is 56.4 Å². The molecule has 1 aromatic carbocycles. The van der Waals surface area contributed by atoms with Gasteiger partial charge in [-0.1, -0.05) is 12.1 Å². The fourth-order valence-electron chi connectivity index (χ4n) is 3.33. The van der Waals surface area contributed by atoms with E-state index in [1.807, 2.05) is 25.6 Å². The van der Waals surface area contributed by atoms with Crippen LogP contribution >= 0.6 is 11.3 Å². The molecule has 0 radical (unpaired) electrons. The van der Waals surface area contributed by atoms with E-state index in [-0.39, 0.29) is 5.56 Å². The zero-order valence-electron chi connectivity index (χ0n) is 15.0. The van der Waals surface area contributed by atoms with Crippen LogP contribution in [0.4, 0.5) is 5.69 Å². The molecule has 0 N–H and O–H groups in total. The van der Waals surface area contributed by atoms with Gasteiger partial charge >= 0.3 is 0 Å². The first-order valence-electron chi connectivity index (χ1n) is 8.44. The molecule has 0 bridgehead atoms. The summed E-state index contributed by atoms with van der Waals surface area (Å²) in [6.45, 7) is 4.79. The zero-order chi connectivity index (χ0) is 17.7. The number of allylic oxidation sites excluding steroid dienone is 1. The number of fused-ring (bicyclic) bond motifs is 2. The first kappa shape index (κ1) is 16.1. The van der Waals surface area contributed by atoms with Crippen LogP contribution in [-0.2, 0) is 6.54 Å². The summed E-state index contributed by atoms with van der Waals surface area (Å²) in [5.41, 5.74) is 4.63. The highest BCUT2D eigenvalue weighted by atomic mass is 32.1. The highest BCUT2D eigenvalue weighted by Gasteiger charge is 2.23. The largest absolute Gasteiger partial charge is 0.378 e. The zero-order valence-corrected chi connectivity index (χ0v) is 15.8. The number of anilines is 1. The molecule has 128 valence electrons. The van der Waals surface area contributed by atoms with Gasteiger partial charge in [-0.3, -0.25) is 9.36 Å². The van der Waals surface area contributed by atoms with Crippen molar-refractivity contribution in [3.63, 3.8) is 0 Å². The molecule has 1 aliphatic heterocycles. The molecule has 2 aromatic heterocycles. The number of aryl methyl sites for hydroxylation is 2. The van der Waals surface area contributed by atoms with Crippen LogP contribution in [0.15, 0.2) is 29.1 Å². The molecule has 0 saturated heterocycles. The van der Waals surface area contributed by atoms with Crippen molar-refractivity contribution in [3.8, 4) is 0 Å². The number of hydrogen-bond donors (Lipinski definition) is 0. The highest BCUT2D eigenvalue weighted by Crippen LogP contribution is 2.32. The Labute approximate surface area is 151 Å². The standard InChI is InChI=1S/C20H21N3OS/c1-12-13(2)25-19-17(12)20(24)23-10-9-15(18(23)21-19)11-14-5-7-16(8-6-14)22(3)4/h5-8,11H,9-10H2,1-4H3. The second-order valence-corrected chi connectivity index (χ2v) is 7.96. The van der Waals surface area contributed by atoms with Gasteiger partial charge in [0.05, 0.1) is 5.39 Å². The van der Waals surface area contributed by atoms with Gasteiger partial charge in [0.2, 0.25) is 0 Å². The molecule has 3 heterocycles. The molecule has 0 amide bonds. The summed E-state index contributed by atoms with van der Waals surface area (Å²) in [6, 6.07) is 8.44. The molecule has 0 fully saturated rings. The van der Waals surface area contributed by atoms with Crippen LogP contribution in [0.25, 0.3) is 21.9 Å². The summed E-state index contributed by atoms with van der Waals surface area (Å²) >= 11 is 1.62. The fraction of sp³-hybridized carbons (Fsp3) is 0.300. The minimum absolute atomic E-state index is 0.105. The van der Waals surface area contributed by atoms with E-state index in [9.17, 15) is 4.79 Å². The van der Waals surface area contributed by atoms with Crippen molar-refractivity contribution in [2.24, 2.45) is 0 Å². The lowest BCUT2D eigenvalue weighted by atomic mass is 10.1. The Bertz CT molecular complexity index is 1060. The predicted octanol–water partition coefficient (Wildman–Crippen LogP) is 4.09. The van der Waals surface area contributed by atoms with Gasteiger partial charge in [0.1, 0.15) is 10.7 Å². The van der Waals surface area contributed by atoms with Gasteiger partial charge in [0.25, 0.3) is 5.56 Å². The normalized spacial score (nSPS) is 15.1. The molecular formula is C20H21N3OS. The maximum Gasteiger partial charge on any atom is 0.262 e. The Kier molecular flexibility index (Phi) is 3.76. The SMILES string of the molecule is Cc1sc2nc3n(c(=O)c2c1C)CCC3=Cc1ccc(N(C)C)cc1. The van der Waals surface area contributed by atoms with E-state index >= 15 is 0 Å². The van der Waals surface area contributed by atoms with E-state index < -0.39 is 0 Å². The second-order valence-electron chi connectivity index (χ2n) is 6.76. The van der Waals surface area contributed by atoms with Gasteiger partial charge in [-0.25, -0.2) is 4.98 Å². The van der Waals surface area contributed by atoms with Gasteiger partial charge in [0, 0.05) is 31.2 Å². The molecule has 0 saturated carbocycles. The molecule has 4 rings (SSSR count). The van der Waals surface area contributed by atoms with Crippen molar-refractivity contribution in [1.82, 2.24) is 9.55 Å². The first-order valence-corrected chi connectivity index (χ1v) is 9.26.